The molecule has 0 amide bonds. The van der Waals surface area contributed by atoms with Gasteiger partial charge in [-0.1, -0.05) is 0 Å². The van der Waals surface area contributed by atoms with Crippen molar-refractivity contribution in [3.63, 3.8) is 0 Å². The van der Waals surface area contributed by atoms with Gasteiger partial charge < -0.3 is 10.1 Å². The number of nitro groups is 1. The lowest BCUT2D eigenvalue weighted by atomic mass is 10.1. The van der Waals surface area contributed by atoms with Crippen molar-refractivity contribution >= 4 is 12.1 Å². The minimum absolute atomic E-state index is 0.212. The van der Waals surface area contributed by atoms with Gasteiger partial charge in [0.15, 0.2) is 6.29 Å². The van der Waals surface area contributed by atoms with Crippen LogP contribution in [0.5, 0.6) is 0 Å². The van der Waals surface area contributed by atoms with E-state index in [-0.39, 0.29) is 11.5 Å². The first-order valence-corrected chi connectivity index (χ1v) is 4.06. The second-order valence-electron chi connectivity index (χ2n) is 3.88. The van der Waals surface area contributed by atoms with Crippen LogP contribution in [0, 0.1) is 10.1 Å². The highest BCUT2D eigenvalue weighted by atomic mass is 16.6. The van der Waals surface area contributed by atoms with Crippen LogP contribution in [0.15, 0.2) is 6.07 Å². The molecule has 0 saturated carbocycles. The van der Waals surface area contributed by atoms with Gasteiger partial charge in [-0.15, -0.1) is 0 Å². The summed E-state index contributed by atoms with van der Waals surface area (Å²) in [5.74, 6) is -0.304. The van der Waals surface area contributed by atoms with Gasteiger partial charge in [0.25, 0.3) is 0 Å². The largest absolute Gasteiger partial charge is 0.390 e. The Balaban J connectivity index is 3.29. The predicted molar refractivity (Wildman–Crippen MR) is 49.3 cm³/mol. The average Bonchev–Trinajstić information content (AvgIpc) is 2.46. The molecule has 0 aliphatic rings. The SMILES string of the molecule is CC(C)(C)n1nc([N+](=O)[O-])cc1C=O. The number of carbonyl (C=O) groups is 1. The zero-order chi connectivity index (χ0) is 10.9. The molecule has 0 N–H and O–H groups in total. The van der Waals surface area contributed by atoms with E-state index in [1.54, 1.807) is 0 Å². The van der Waals surface area contributed by atoms with E-state index < -0.39 is 10.5 Å². The molecule has 6 nitrogen and oxygen atoms in total. The van der Waals surface area contributed by atoms with Crippen LogP contribution in [0.4, 0.5) is 5.82 Å². The van der Waals surface area contributed by atoms with E-state index in [9.17, 15) is 14.9 Å². The maximum Gasteiger partial charge on any atom is 0.390 e. The number of aldehydes is 1. The third kappa shape index (κ3) is 1.78. The molecule has 0 saturated heterocycles. The van der Waals surface area contributed by atoms with E-state index >= 15 is 0 Å². The fourth-order valence-corrected chi connectivity index (χ4v) is 1.09. The molecule has 0 aromatic carbocycles. The maximum atomic E-state index is 10.6. The van der Waals surface area contributed by atoms with E-state index in [1.807, 2.05) is 20.8 Å². The lowest BCUT2D eigenvalue weighted by Crippen LogP contribution is -2.25. The summed E-state index contributed by atoms with van der Waals surface area (Å²) in [5, 5.41) is 14.2. The molecule has 76 valence electrons. The van der Waals surface area contributed by atoms with E-state index in [2.05, 4.69) is 5.10 Å². The highest BCUT2D eigenvalue weighted by Crippen LogP contribution is 2.19. The summed E-state index contributed by atoms with van der Waals surface area (Å²) in [6.07, 6.45) is 0.561. The Bertz CT molecular complexity index is 376. The Labute approximate surface area is 80.7 Å². The van der Waals surface area contributed by atoms with Crippen molar-refractivity contribution in [2.75, 3.05) is 0 Å². The van der Waals surface area contributed by atoms with Crippen molar-refractivity contribution in [2.45, 2.75) is 26.3 Å². The van der Waals surface area contributed by atoms with Crippen LogP contribution in [-0.2, 0) is 5.54 Å². The highest BCUT2D eigenvalue weighted by Gasteiger charge is 2.26. The number of hydrogen-bond donors (Lipinski definition) is 0. The number of hydrogen-bond acceptors (Lipinski definition) is 4. The third-order valence-electron chi connectivity index (χ3n) is 1.67. The zero-order valence-corrected chi connectivity index (χ0v) is 8.22. The average molecular weight is 197 g/mol. The molecule has 0 atom stereocenters. The molecular formula is C8H11N3O3. The number of carbonyl (C=O) groups excluding carboxylic acids is 1. The summed E-state index contributed by atoms with van der Waals surface area (Å²) < 4.78 is 1.35. The van der Waals surface area contributed by atoms with Crippen LogP contribution >= 0.6 is 0 Å². The molecular weight excluding hydrogens is 186 g/mol. The van der Waals surface area contributed by atoms with Gasteiger partial charge in [0.1, 0.15) is 5.69 Å². The van der Waals surface area contributed by atoms with Gasteiger partial charge in [0, 0.05) is 0 Å². The monoisotopic (exact) mass is 197 g/mol. The molecule has 1 rings (SSSR count). The van der Waals surface area contributed by atoms with E-state index in [1.165, 1.54) is 4.68 Å². The van der Waals surface area contributed by atoms with Gasteiger partial charge in [-0.3, -0.25) is 4.79 Å². The summed E-state index contributed by atoms with van der Waals surface area (Å²) in [6, 6.07) is 1.16. The van der Waals surface area contributed by atoms with E-state index in [0.717, 1.165) is 6.07 Å². The molecule has 6 heteroatoms. The lowest BCUT2D eigenvalue weighted by molar-refractivity contribution is -0.389. The topological polar surface area (TPSA) is 78.0 Å². The molecule has 0 unspecified atom stereocenters. The van der Waals surface area contributed by atoms with Crippen LogP contribution in [0.1, 0.15) is 31.3 Å². The van der Waals surface area contributed by atoms with Gasteiger partial charge in [-0.05, 0) is 25.7 Å². The molecule has 0 spiro atoms. The minimum atomic E-state index is -0.616. The Hall–Kier alpha value is -1.72. The zero-order valence-electron chi connectivity index (χ0n) is 8.22. The number of rotatable bonds is 2. The first kappa shape index (κ1) is 10.4. The molecule has 0 aliphatic carbocycles. The molecule has 0 radical (unpaired) electrons. The van der Waals surface area contributed by atoms with Crippen molar-refractivity contribution in [1.82, 2.24) is 9.78 Å². The fourth-order valence-electron chi connectivity index (χ4n) is 1.09. The Morgan fingerprint density at radius 1 is 1.57 bits per heavy atom. The van der Waals surface area contributed by atoms with Crippen molar-refractivity contribution in [3.05, 3.63) is 21.9 Å². The van der Waals surface area contributed by atoms with Crippen LogP contribution in [0.2, 0.25) is 0 Å². The normalized spacial score (nSPS) is 11.4. The molecule has 1 aromatic rings. The Kier molecular flexibility index (Phi) is 2.37. The van der Waals surface area contributed by atoms with Crippen LogP contribution in [0.3, 0.4) is 0 Å². The third-order valence-corrected chi connectivity index (χ3v) is 1.67. The molecule has 14 heavy (non-hydrogen) atoms. The van der Waals surface area contributed by atoms with Gasteiger partial charge in [0.05, 0.1) is 16.7 Å². The molecule has 1 heterocycles. The molecule has 0 fully saturated rings. The Morgan fingerprint density at radius 3 is 2.43 bits per heavy atom. The summed E-state index contributed by atoms with van der Waals surface area (Å²) in [7, 11) is 0. The van der Waals surface area contributed by atoms with Gasteiger partial charge in [0.2, 0.25) is 0 Å². The highest BCUT2D eigenvalue weighted by molar-refractivity contribution is 5.73. The second-order valence-corrected chi connectivity index (χ2v) is 3.88. The van der Waals surface area contributed by atoms with Crippen molar-refractivity contribution in [3.8, 4) is 0 Å². The van der Waals surface area contributed by atoms with Crippen molar-refractivity contribution in [1.29, 1.82) is 0 Å². The Morgan fingerprint density at radius 2 is 2.14 bits per heavy atom. The van der Waals surface area contributed by atoms with Gasteiger partial charge >= 0.3 is 5.82 Å². The van der Waals surface area contributed by atoms with Crippen LogP contribution in [-0.4, -0.2) is 21.0 Å². The van der Waals surface area contributed by atoms with Crippen molar-refractivity contribution in [2.24, 2.45) is 0 Å². The number of aromatic nitrogens is 2. The summed E-state index contributed by atoms with van der Waals surface area (Å²) in [4.78, 5) is 20.4. The molecule has 0 aliphatic heterocycles. The van der Waals surface area contributed by atoms with E-state index in [0.29, 0.717) is 6.29 Å². The minimum Gasteiger partial charge on any atom is -0.358 e. The fraction of sp³-hybridized carbons (Fsp3) is 0.500. The van der Waals surface area contributed by atoms with Crippen LogP contribution < -0.4 is 0 Å². The number of nitrogens with zero attached hydrogens (tertiary/aromatic N) is 3. The molecule has 1 aromatic heterocycles. The quantitative estimate of drug-likeness (QED) is 0.407. The summed E-state index contributed by atoms with van der Waals surface area (Å²) in [5.41, 5.74) is -0.228. The standard InChI is InChI=1S/C8H11N3O3/c1-8(2,3)10-6(5-12)4-7(9-10)11(13)14/h4-5H,1-3H3. The molecule has 0 bridgehead atoms. The van der Waals surface area contributed by atoms with E-state index in [4.69, 9.17) is 0 Å². The summed E-state index contributed by atoms with van der Waals surface area (Å²) in [6.45, 7) is 5.45. The van der Waals surface area contributed by atoms with Crippen molar-refractivity contribution < 1.29 is 9.72 Å². The first-order valence-electron chi connectivity index (χ1n) is 4.06. The maximum absolute atomic E-state index is 10.6. The first-order chi connectivity index (χ1) is 6.36. The van der Waals surface area contributed by atoms with Gasteiger partial charge in [-0.25, -0.2) is 0 Å². The second kappa shape index (κ2) is 3.21. The predicted octanol–water partition coefficient (Wildman–Crippen LogP) is 1.36. The lowest BCUT2D eigenvalue weighted by Gasteiger charge is -2.15. The van der Waals surface area contributed by atoms with Crippen LogP contribution in [0.25, 0.3) is 0 Å². The summed E-state index contributed by atoms with van der Waals surface area (Å²) >= 11 is 0. The van der Waals surface area contributed by atoms with Gasteiger partial charge in [-0.2, -0.15) is 4.68 Å². The smallest absolute Gasteiger partial charge is 0.358 e.